The van der Waals surface area contributed by atoms with Gasteiger partial charge in [0.15, 0.2) is 0 Å². The molecule has 4 amide bonds. The van der Waals surface area contributed by atoms with Gasteiger partial charge in [0.2, 0.25) is 11.8 Å². The summed E-state index contributed by atoms with van der Waals surface area (Å²) in [6, 6.07) is 16.2. The fourth-order valence-corrected chi connectivity index (χ4v) is 4.66. The topological polar surface area (TPSA) is 186 Å². The van der Waals surface area contributed by atoms with E-state index in [4.69, 9.17) is 16.3 Å². The van der Waals surface area contributed by atoms with Crippen LogP contribution in [-0.4, -0.2) is 61.4 Å². The number of esters is 1. The number of benzene rings is 3. The van der Waals surface area contributed by atoms with Crippen molar-refractivity contribution < 1.29 is 28.7 Å². The fourth-order valence-electron chi connectivity index (χ4n) is 4.49. The Hall–Kier alpha value is -5.63. The largest absolute Gasteiger partial charge is 0.456 e. The van der Waals surface area contributed by atoms with E-state index in [0.717, 1.165) is 0 Å². The van der Waals surface area contributed by atoms with Crippen molar-refractivity contribution in [2.75, 3.05) is 16.0 Å². The number of halogens is 1. The van der Waals surface area contributed by atoms with Gasteiger partial charge in [0.25, 0.3) is 0 Å². The Balaban J connectivity index is 1.51. The molecule has 4 rings (SSSR count). The number of rotatable bonds is 11. The van der Waals surface area contributed by atoms with Crippen molar-refractivity contribution in [2.24, 2.45) is 5.92 Å². The molecule has 0 bridgehead atoms. The summed E-state index contributed by atoms with van der Waals surface area (Å²) in [6.07, 6.45) is 1.66. The number of amides is 4. The zero-order valence-corrected chi connectivity index (χ0v) is 28.4. The zero-order valence-electron chi connectivity index (χ0n) is 27.6. The molecular formula is C34H37ClN8O6. The lowest BCUT2D eigenvalue weighted by Gasteiger charge is -2.20. The summed E-state index contributed by atoms with van der Waals surface area (Å²) in [6.45, 7) is 9.16. The van der Waals surface area contributed by atoms with E-state index in [0.29, 0.717) is 29.0 Å². The van der Waals surface area contributed by atoms with Crippen LogP contribution >= 0.6 is 11.6 Å². The molecule has 0 spiro atoms. The van der Waals surface area contributed by atoms with Gasteiger partial charge in [0.1, 0.15) is 18.0 Å². The summed E-state index contributed by atoms with van der Waals surface area (Å²) in [5.74, 6) is -3.25. The van der Waals surface area contributed by atoms with E-state index in [2.05, 4.69) is 36.8 Å². The predicted octanol–water partition coefficient (Wildman–Crippen LogP) is 4.56. The average Bonchev–Trinajstić information content (AvgIpc) is 3.55. The average molecular weight is 689 g/mol. The predicted molar refractivity (Wildman–Crippen MR) is 183 cm³/mol. The lowest BCUT2D eigenvalue weighted by Crippen LogP contribution is -2.49. The fraction of sp³-hybridized carbons (Fsp3) is 0.294. The van der Waals surface area contributed by atoms with Gasteiger partial charge in [-0.2, -0.15) is 4.68 Å². The zero-order chi connectivity index (χ0) is 35.7. The van der Waals surface area contributed by atoms with Gasteiger partial charge in [0.05, 0.1) is 16.9 Å². The van der Waals surface area contributed by atoms with Crippen LogP contribution in [0.2, 0.25) is 5.02 Å². The summed E-state index contributed by atoms with van der Waals surface area (Å²) in [5, 5.41) is 21.8. The van der Waals surface area contributed by atoms with Gasteiger partial charge in [-0.15, -0.1) is 5.10 Å². The molecule has 1 atom stereocenters. The minimum absolute atomic E-state index is 0.00585. The molecule has 3 aromatic carbocycles. The van der Waals surface area contributed by atoms with Gasteiger partial charge < -0.3 is 26.0 Å². The van der Waals surface area contributed by atoms with Gasteiger partial charge in [-0.1, -0.05) is 37.6 Å². The number of carbonyl (C=O) groups excluding carboxylic acids is 5. The number of nitrogens with zero attached hydrogens (tertiary/aromatic N) is 4. The number of aromatic nitrogens is 4. The summed E-state index contributed by atoms with van der Waals surface area (Å²) in [4.78, 5) is 64.5. The van der Waals surface area contributed by atoms with Crippen LogP contribution in [0.5, 0.6) is 0 Å². The Bertz CT molecular complexity index is 1800. The quantitative estimate of drug-likeness (QED) is 0.129. The van der Waals surface area contributed by atoms with Crippen LogP contribution in [0.25, 0.3) is 5.69 Å². The van der Waals surface area contributed by atoms with E-state index in [1.54, 1.807) is 57.2 Å². The first-order valence-corrected chi connectivity index (χ1v) is 15.7. The molecule has 4 aromatic rings. The molecule has 0 unspecified atom stereocenters. The summed E-state index contributed by atoms with van der Waals surface area (Å²) < 4.78 is 6.67. The highest BCUT2D eigenvalue weighted by Crippen LogP contribution is 2.24. The highest BCUT2D eigenvalue weighted by molar-refractivity contribution is 6.40. The van der Waals surface area contributed by atoms with Crippen LogP contribution < -0.4 is 21.3 Å². The molecule has 4 N–H and O–H groups in total. The van der Waals surface area contributed by atoms with Crippen molar-refractivity contribution >= 4 is 58.3 Å². The van der Waals surface area contributed by atoms with E-state index < -0.39 is 35.3 Å². The molecule has 0 radical (unpaired) electrons. The molecular weight excluding hydrogens is 652 g/mol. The van der Waals surface area contributed by atoms with Gasteiger partial charge in [-0.3, -0.25) is 19.2 Å². The molecule has 0 aliphatic rings. The van der Waals surface area contributed by atoms with Crippen molar-refractivity contribution in [3.05, 3.63) is 89.2 Å². The highest BCUT2D eigenvalue weighted by atomic mass is 35.5. The second-order valence-electron chi connectivity index (χ2n) is 12.5. The Morgan fingerprint density at radius 1 is 0.857 bits per heavy atom. The van der Waals surface area contributed by atoms with Gasteiger partial charge in [-0.05, 0) is 97.3 Å². The second kappa shape index (κ2) is 16.0. The minimum Gasteiger partial charge on any atom is -0.456 e. The molecule has 0 saturated carbocycles. The summed E-state index contributed by atoms with van der Waals surface area (Å²) in [7, 11) is 0. The Morgan fingerprint density at radius 2 is 1.51 bits per heavy atom. The van der Waals surface area contributed by atoms with Crippen LogP contribution in [0, 0.1) is 5.92 Å². The molecule has 1 heterocycles. The van der Waals surface area contributed by atoms with Crippen molar-refractivity contribution in [1.29, 1.82) is 0 Å². The summed E-state index contributed by atoms with van der Waals surface area (Å²) >= 11 is 6.14. The number of hydrogen-bond donors (Lipinski definition) is 4. The Morgan fingerprint density at radius 3 is 2.12 bits per heavy atom. The molecule has 49 heavy (non-hydrogen) atoms. The van der Waals surface area contributed by atoms with Crippen molar-refractivity contribution in [2.45, 2.75) is 59.1 Å². The summed E-state index contributed by atoms with van der Waals surface area (Å²) in [5.41, 5.74) is 1.66. The molecule has 0 fully saturated rings. The Labute approximate surface area is 287 Å². The number of tetrazole rings is 1. The van der Waals surface area contributed by atoms with Crippen molar-refractivity contribution in [3.63, 3.8) is 0 Å². The number of ether oxygens (including phenoxy) is 1. The number of hydrogen-bond acceptors (Lipinski definition) is 9. The second-order valence-corrected chi connectivity index (χ2v) is 12.9. The van der Waals surface area contributed by atoms with Crippen LogP contribution in [0.15, 0.2) is 73.1 Å². The third kappa shape index (κ3) is 11.0. The first-order chi connectivity index (χ1) is 23.2. The number of carbonyl (C=O) groups is 5. The van der Waals surface area contributed by atoms with E-state index >= 15 is 0 Å². The van der Waals surface area contributed by atoms with Crippen molar-refractivity contribution in [3.8, 4) is 5.69 Å². The monoisotopic (exact) mass is 688 g/mol. The van der Waals surface area contributed by atoms with Gasteiger partial charge >= 0.3 is 17.8 Å². The third-order valence-corrected chi connectivity index (χ3v) is 6.92. The maximum absolute atomic E-state index is 13.6. The van der Waals surface area contributed by atoms with E-state index in [-0.39, 0.29) is 34.5 Å². The minimum atomic E-state index is -1.22. The molecule has 1 aromatic heterocycles. The number of nitrogens with one attached hydrogen (secondary N) is 4. The SMILES string of the molecule is CC(C)CC(=O)Nc1ccc(C[C@H](NC(=O)C(=O)Nc2cc(Cl)ccc2-n2cnnn2)C(=O)Nc2ccc(C(=O)OC(C)(C)C)cc2)cc1. The Kier molecular flexibility index (Phi) is 11.8. The van der Waals surface area contributed by atoms with Crippen molar-refractivity contribution in [1.82, 2.24) is 25.5 Å². The molecule has 256 valence electrons. The first-order valence-electron chi connectivity index (χ1n) is 15.3. The molecule has 15 heteroatoms. The number of anilines is 3. The van der Waals surface area contributed by atoms with E-state index in [1.807, 2.05) is 13.8 Å². The van der Waals surface area contributed by atoms with Crippen LogP contribution in [0.4, 0.5) is 17.1 Å². The molecule has 0 saturated heterocycles. The maximum Gasteiger partial charge on any atom is 0.338 e. The van der Waals surface area contributed by atoms with E-state index in [9.17, 15) is 24.0 Å². The molecule has 0 aliphatic heterocycles. The maximum atomic E-state index is 13.6. The van der Waals surface area contributed by atoms with Crippen LogP contribution in [-0.2, 0) is 30.3 Å². The third-order valence-electron chi connectivity index (χ3n) is 6.69. The van der Waals surface area contributed by atoms with Gasteiger partial charge in [0, 0.05) is 29.2 Å². The molecule has 0 aliphatic carbocycles. The smallest absolute Gasteiger partial charge is 0.338 e. The van der Waals surface area contributed by atoms with E-state index in [1.165, 1.54) is 41.3 Å². The lowest BCUT2D eigenvalue weighted by atomic mass is 10.0. The van der Waals surface area contributed by atoms with Crippen LogP contribution in [0.1, 0.15) is 57.0 Å². The molecule has 14 nitrogen and oxygen atoms in total. The highest BCUT2D eigenvalue weighted by Gasteiger charge is 2.26. The van der Waals surface area contributed by atoms with Gasteiger partial charge in [-0.25, -0.2) is 4.79 Å². The first kappa shape index (κ1) is 36.2. The lowest BCUT2D eigenvalue weighted by molar-refractivity contribution is -0.137. The standard InChI is InChI=1S/C34H37ClN8O6/c1-20(2)16-29(44)37-24-11-6-21(7-12-24)17-27(30(45)38-25-13-8-22(9-14-25)33(48)49-34(3,4)5)40-32(47)31(46)39-26-18-23(35)10-15-28(26)43-19-36-41-42-43/h6-15,18-20,27H,16-17H2,1-5H3,(H,37,44)(H,38,45)(H,39,46)(H,40,47)/t27-/m0/s1. The van der Waals surface area contributed by atoms with Crippen LogP contribution in [0.3, 0.4) is 0 Å². The normalized spacial score (nSPS) is 11.7.